The van der Waals surface area contributed by atoms with Gasteiger partial charge in [-0.15, -0.1) is 0 Å². The molecule has 10 atom stereocenters. The summed E-state index contributed by atoms with van der Waals surface area (Å²) >= 11 is 0. The lowest BCUT2D eigenvalue weighted by Gasteiger charge is -2.56. The molecule has 0 aromatic rings. The van der Waals surface area contributed by atoms with Gasteiger partial charge in [0.05, 0.1) is 5.60 Å². The fourth-order valence-corrected chi connectivity index (χ4v) is 8.69. The predicted molar refractivity (Wildman–Crippen MR) is 94.3 cm³/mol. The molecule has 5 aliphatic rings. The van der Waals surface area contributed by atoms with E-state index in [-0.39, 0.29) is 5.60 Å². The number of Topliss-reactive ketones (excluding diaryl/α,β-unsaturated/α-hetero) is 1. The van der Waals surface area contributed by atoms with E-state index in [1.807, 2.05) is 6.92 Å². The summed E-state index contributed by atoms with van der Waals surface area (Å²) in [6.45, 7) is 6.58. The van der Waals surface area contributed by atoms with Crippen LogP contribution in [0.4, 0.5) is 0 Å². The molecule has 5 rings (SSSR count). The van der Waals surface area contributed by atoms with Gasteiger partial charge < -0.3 is 5.11 Å². The third-order valence-corrected chi connectivity index (χ3v) is 9.94. The van der Waals surface area contributed by atoms with Gasteiger partial charge in [0.25, 0.3) is 0 Å². The molecule has 0 aliphatic heterocycles. The van der Waals surface area contributed by atoms with Crippen molar-refractivity contribution in [1.29, 1.82) is 0 Å². The molecule has 0 amide bonds. The molecule has 0 bridgehead atoms. The lowest BCUT2D eigenvalue weighted by Crippen LogP contribution is -2.51. The highest BCUT2D eigenvalue weighted by atomic mass is 16.3. The fourth-order valence-electron chi connectivity index (χ4n) is 8.69. The van der Waals surface area contributed by atoms with Crippen molar-refractivity contribution in [3.63, 3.8) is 0 Å². The summed E-state index contributed by atoms with van der Waals surface area (Å²) in [5.74, 6) is 6.13. The summed E-state index contributed by atoms with van der Waals surface area (Å²) in [5.41, 5.74) is 0.00467. The minimum absolute atomic E-state index is 0.287. The van der Waals surface area contributed by atoms with E-state index in [0.29, 0.717) is 29.0 Å². The largest absolute Gasteiger partial charge is 0.389 e. The van der Waals surface area contributed by atoms with Gasteiger partial charge in [-0.1, -0.05) is 13.8 Å². The van der Waals surface area contributed by atoms with Crippen LogP contribution in [0.25, 0.3) is 0 Å². The summed E-state index contributed by atoms with van der Waals surface area (Å²) < 4.78 is 0. The van der Waals surface area contributed by atoms with Crippen molar-refractivity contribution in [2.75, 3.05) is 0 Å². The Balaban J connectivity index is 1.42. The van der Waals surface area contributed by atoms with Crippen LogP contribution in [0.1, 0.15) is 72.1 Å². The van der Waals surface area contributed by atoms with Crippen molar-refractivity contribution < 1.29 is 9.90 Å². The minimum atomic E-state index is -0.287. The molecule has 5 saturated carbocycles. The summed E-state index contributed by atoms with van der Waals surface area (Å²) in [4.78, 5) is 12.2. The van der Waals surface area contributed by atoms with E-state index in [1.165, 1.54) is 38.5 Å². The molecule has 0 heterocycles. The van der Waals surface area contributed by atoms with E-state index in [1.54, 1.807) is 0 Å². The maximum Gasteiger partial charge on any atom is 0.133 e. The first-order valence-electron chi connectivity index (χ1n) is 10.6. The van der Waals surface area contributed by atoms with Crippen LogP contribution in [0.5, 0.6) is 0 Å². The van der Waals surface area contributed by atoms with E-state index in [0.717, 1.165) is 42.4 Å². The number of rotatable bonds is 1. The van der Waals surface area contributed by atoms with Gasteiger partial charge in [0, 0.05) is 5.92 Å². The first-order valence-corrected chi connectivity index (χ1v) is 10.6. The van der Waals surface area contributed by atoms with Crippen LogP contribution in [0.15, 0.2) is 0 Å². The van der Waals surface area contributed by atoms with Gasteiger partial charge in [0.2, 0.25) is 0 Å². The second-order valence-electron chi connectivity index (χ2n) is 10.6. The molecule has 0 aromatic carbocycles. The molecule has 2 heteroatoms. The molecule has 0 saturated heterocycles. The van der Waals surface area contributed by atoms with Crippen LogP contribution in [0, 0.1) is 52.8 Å². The summed E-state index contributed by atoms with van der Waals surface area (Å²) in [5, 5.41) is 10.8. The van der Waals surface area contributed by atoms with Gasteiger partial charge in [-0.05, 0) is 105 Å². The van der Waals surface area contributed by atoms with Gasteiger partial charge in [-0.25, -0.2) is 0 Å². The second-order valence-corrected chi connectivity index (χ2v) is 10.6. The van der Waals surface area contributed by atoms with Crippen molar-refractivity contribution in [3.05, 3.63) is 0 Å². The van der Waals surface area contributed by atoms with E-state index < -0.39 is 0 Å². The van der Waals surface area contributed by atoms with Crippen LogP contribution < -0.4 is 0 Å². The smallest absolute Gasteiger partial charge is 0.133 e. The fraction of sp³-hybridized carbons (Fsp3) is 0.955. The highest BCUT2D eigenvalue weighted by molar-refractivity contribution is 5.79. The quantitative estimate of drug-likeness (QED) is 0.771. The van der Waals surface area contributed by atoms with E-state index in [9.17, 15) is 9.90 Å². The Bertz CT molecular complexity index is 570. The SMILES string of the molecule is CC(=O)[C@H]1CC[C@H]2[C@@H]3CC[C@H]4C5C[C@@]5(O)[C@@H](C)C[C@@H]4[C@H]3CC[C@]12C. The van der Waals surface area contributed by atoms with E-state index in [4.69, 9.17) is 0 Å². The lowest BCUT2D eigenvalue weighted by atomic mass is 9.49. The van der Waals surface area contributed by atoms with Gasteiger partial charge in [0.1, 0.15) is 5.78 Å². The Kier molecular flexibility index (Phi) is 3.22. The second kappa shape index (κ2) is 4.87. The maximum atomic E-state index is 12.2. The first-order chi connectivity index (χ1) is 11.4. The highest BCUT2D eigenvalue weighted by Crippen LogP contribution is 2.69. The monoisotopic (exact) mass is 330 g/mol. The Morgan fingerprint density at radius 3 is 2.38 bits per heavy atom. The summed E-state index contributed by atoms with van der Waals surface area (Å²) in [6.07, 6.45) is 10.1. The zero-order chi connectivity index (χ0) is 16.9. The topological polar surface area (TPSA) is 37.3 Å². The zero-order valence-electron chi connectivity index (χ0n) is 15.6. The molecule has 0 radical (unpaired) electrons. The van der Waals surface area contributed by atoms with Crippen molar-refractivity contribution in [1.82, 2.24) is 0 Å². The minimum Gasteiger partial charge on any atom is -0.389 e. The number of fused-ring (bicyclic) bond motifs is 7. The van der Waals surface area contributed by atoms with Crippen LogP contribution in [-0.4, -0.2) is 16.5 Å². The highest BCUT2D eigenvalue weighted by Gasteiger charge is 2.67. The number of hydrogen-bond donors (Lipinski definition) is 1. The Morgan fingerprint density at radius 2 is 1.67 bits per heavy atom. The third kappa shape index (κ3) is 1.85. The van der Waals surface area contributed by atoms with Crippen LogP contribution in [0.3, 0.4) is 0 Å². The van der Waals surface area contributed by atoms with Crippen LogP contribution in [0.2, 0.25) is 0 Å². The molecule has 0 aromatic heterocycles. The Morgan fingerprint density at radius 1 is 0.958 bits per heavy atom. The van der Waals surface area contributed by atoms with Crippen molar-refractivity contribution in [2.24, 2.45) is 52.8 Å². The van der Waals surface area contributed by atoms with E-state index in [2.05, 4.69) is 13.8 Å². The maximum absolute atomic E-state index is 12.2. The van der Waals surface area contributed by atoms with Crippen LogP contribution in [-0.2, 0) is 4.79 Å². The number of aliphatic hydroxyl groups is 1. The van der Waals surface area contributed by atoms with Crippen molar-refractivity contribution >= 4 is 5.78 Å². The number of carbonyl (C=O) groups excluding carboxylic acids is 1. The van der Waals surface area contributed by atoms with Crippen LogP contribution >= 0.6 is 0 Å². The van der Waals surface area contributed by atoms with Crippen molar-refractivity contribution in [2.45, 2.75) is 77.7 Å². The molecule has 2 nitrogen and oxygen atoms in total. The molecule has 0 spiro atoms. The third-order valence-electron chi connectivity index (χ3n) is 9.94. The van der Waals surface area contributed by atoms with E-state index >= 15 is 0 Å². The molecular weight excluding hydrogens is 296 g/mol. The molecule has 5 aliphatic carbocycles. The van der Waals surface area contributed by atoms with Crippen molar-refractivity contribution in [3.8, 4) is 0 Å². The van der Waals surface area contributed by atoms with Gasteiger partial charge in [0.15, 0.2) is 0 Å². The number of ketones is 1. The van der Waals surface area contributed by atoms with Gasteiger partial charge in [-0.2, -0.15) is 0 Å². The number of hydrogen-bond acceptors (Lipinski definition) is 2. The molecule has 5 fully saturated rings. The normalized spacial score (nSPS) is 61.3. The molecule has 24 heavy (non-hydrogen) atoms. The molecule has 134 valence electrons. The number of carbonyl (C=O) groups is 1. The average Bonchev–Trinajstić information content (AvgIpc) is 3.10. The summed E-state index contributed by atoms with van der Waals surface area (Å²) in [7, 11) is 0. The summed E-state index contributed by atoms with van der Waals surface area (Å²) in [6, 6.07) is 0. The lowest BCUT2D eigenvalue weighted by molar-refractivity contribution is -0.129. The average molecular weight is 331 g/mol. The molecule has 1 N–H and O–H groups in total. The predicted octanol–water partition coefficient (Wildman–Crippen LogP) is 4.45. The zero-order valence-corrected chi connectivity index (χ0v) is 15.6. The standard InChI is InChI=1S/C22H34O2/c1-12-10-17-14-8-9-21(3)18(13(2)23)6-7-19(21)15(14)4-5-16(17)20-11-22(12,20)24/h12,14-20,24H,4-11H2,1-3H3/t12-,14-,15+,16+,17+,18+,19-,20?,21+,22+/m0/s1. The molecule has 1 unspecified atom stereocenters. The molecular formula is C22H34O2. The first kappa shape index (κ1) is 15.9. The Labute approximate surface area is 146 Å². The Hall–Kier alpha value is -0.370. The van der Waals surface area contributed by atoms with Gasteiger partial charge in [-0.3, -0.25) is 4.79 Å². The van der Waals surface area contributed by atoms with Gasteiger partial charge >= 0.3 is 0 Å².